The van der Waals surface area contributed by atoms with Crippen molar-refractivity contribution in [3.05, 3.63) is 12.2 Å². The van der Waals surface area contributed by atoms with Crippen molar-refractivity contribution in [2.45, 2.75) is 27.2 Å². The monoisotopic (exact) mass is 185 g/mol. The van der Waals surface area contributed by atoms with Gasteiger partial charge in [-0.15, -0.1) is 0 Å². The highest BCUT2D eigenvalue weighted by Gasteiger charge is 1.92. The molecular weight excluding hydrogens is 162 g/mol. The molecule has 0 radical (unpaired) electrons. The standard InChI is InChI=1S/C11H23NO/c1-4-5-7-12-8-10-13-9-6-11(2)3/h4-5,11-12H,6-10H2,1-3H3/b5-4+. The lowest BCUT2D eigenvalue weighted by Crippen LogP contribution is -2.20. The van der Waals surface area contributed by atoms with Crippen LogP contribution in [0.2, 0.25) is 0 Å². The van der Waals surface area contributed by atoms with E-state index in [0.29, 0.717) is 0 Å². The maximum absolute atomic E-state index is 5.44. The second-order valence-electron chi connectivity index (χ2n) is 3.57. The number of hydrogen-bond donors (Lipinski definition) is 1. The molecule has 0 heterocycles. The van der Waals surface area contributed by atoms with Crippen molar-refractivity contribution in [3.8, 4) is 0 Å². The minimum Gasteiger partial charge on any atom is -0.380 e. The molecule has 1 N–H and O–H groups in total. The van der Waals surface area contributed by atoms with Crippen LogP contribution in [0.3, 0.4) is 0 Å². The van der Waals surface area contributed by atoms with Gasteiger partial charge in [0.15, 0.2) is 0 Å². The molecule has 2 nitrogen and oxygen atoms in total. The smallest absolute Gasteiger partial charge is 0.0591 e. The van der Waals surface area contributed by atoms with E-state index in [-0.39, 0.29) is 0 Å². The van der Waals surface area contributed by atoms with Gasteiger partial charge in [-0.2, -0.15) is 0 Å². The summed E-state index contributed by atoms with van der Waals surface area (Å²) in [7, 11) is 0. The number of ether oxygens (including phenoxy) is 1. The molecule has 0 fully saturated rings. The predicted octanol–water partition coefficient (Wildman–Crippen LogP) is 2.21. The first-order valence-electron chi connectivity index (χ1n) is 5.17. The molecular formula is C11H23NO. The fourth-order valence-electron chi connectivity index (χ4n) is 0.869. The molecule has 78 valence electrons. The number of hydrogen-bond acceptors (Lipinski definition) is 2. The molecule has 0 saturated heterocycles. The Morgan fingerprint density at radius 2 is 2.08 bits per heavy atom. The Balaban J connectivity index is 2.91. The van der Waals surface area contributed by atoms with Crippen molar-refractivity contribution < 1.29 is 4.74 Å². The van der Waals surface area contributed by atoms with Gasteiger partial charge in [-0.1, -0.05) is 26.0 Å². The van der Waals surface area contributed by atoms with Gasteiger partial charge in [0, 0.05) is 19.7 Å². The zero-order valence-corrected chi connectivity index (χ0v) is 9.18. The molecule has 0 aliphatic rings. The largest absolute Gasteiger partial charge is 0.380 e. The third kappa shape index (κ3) is 11.7. The highest BCUT2D eigenvalue weighted by molar-refractivity contribution is 4.78. The summed E-state index contributed by atoms with van der Waals surface area (Å²) in [5.41, 5.74) is 0. The van der Waals surface area contributed by atoms with Crippen molar-refractivity contribution in [1.29, 1.82) is 0 Å². The predicted molar refractivity (Wildman–Crippen MR) is 58.0 cm³/mol. The Bertz CT molecular complexity index is 121. The van der Waals surface area contributed by atoms with Gasteiger partial charge in [0.2, 0.25) is 0 Å². The summed E-state index contributed by atoms with van der Waals surface area (Å²) < 4.78 is 5.44. The van der Waals surface area contributed by atoms with Crippen LogP contribution < -0.4 is 5.32 Å². The van der Waals surface area contributed by atoms with Crippen LogP contribution in [0, 0.1) is 5.92 Å². The molecule has 0 saturated carbocycles. The molecule has 13 heavy (non-hydrogen) atoms. The van der Waals surface area contributed by atoms with Gasteiger partial charge in [0.25, 0.3) is 0 Å². The maximum atomic E-state index is 5.44. The van der Waals surface area contributed by atoms with Crippen molar-refractivity contribution in [3.63, 3.8) is 0 Å². The lowest BCUT2D eigenvalue weighted by Gasteiger charge is -2.06. The quantitative estimate of drug-likeness (QED) is 0.462. The molecule has 0 atom stereocenters. The van der Waals surface area contributed by atoms with Crippen LogP contribution in [0.15, 0.2) is 12.2 Å². The van der Waals surface area contributed by atoms with Gasteiger partial charge >= 0.3 is 0 Å². The van der Waals surface area contributed by atoms with Gasteiger partial charge < -0.3 is 10.1 Å². The maximum Gasteiger partial charge on any atom is 0.0591 e. The molecule has 0 rings (SSSR count). The Labute approximate surface area is 82.4 Å². The Hall–Kier alpha value is -0.340. The Morgan fingerprint density at radius 1 is 1.31 bits per heavy atom. The number of nitrogens with one attached hydrogen (secondary N) is 1. The topological polar surface area (TPSA) is 21.3 Å². The van der Waals surface area contributed by atoms with E-state index in [1.165, 1.54) is 0 Å². The average molecular weight is 185 g/mol. The summed E-state index contributed by atoms with van der Waals surface area (Å²) in [6, 6.07) is 0. The molecule has 0 aromatic carbocycles. The molecule has 0 aromatic heterocycles. The van der Waals surface area contributed by atoms with Gasteiger partial charge in [-0.05, 0) is 19.3 Å². The van der Waals surface area contributed by atoms with E-state index in [9.17, 15) is 0 Å². The first-order chi connectivity index (χ1) is 6.27. The minimum absolute atomic E-state index is 0.746. The summed E-state index contributed by atoms with van der Waals surface area (Å²) in [6.07, 6.45) is 5.32. The zero-order chi connectivity index (χ0) is 9.94. The van der Waals surface area contributed by atoms with Crippen LogP contribution in [0.1, 0.15) is 27.2 Å². The van der Waals surface area contributed by atoms with E-state index in [1.54, 1.807) is 0 Å². The average Bonchev–Trinajstić information content (AvgIpc) is 2.09. The first kappa shape index (κ1) is 12.7. The third-order valence-electron chi connectivity index (χ3n) is 1.76. The lowest BCUT2D eigenvalue weighted by atomic mass is 10.1. The van der Waals surface area contributed by atoms with Gasteiger partial charge in [-0.3, -0.25) is 0 Å². The van der Waals surface area contributed by atoms with Crippen molar-refractivity contribution in [1.82, 2.24) is 5.32 Å². The molecule has 2 heteroatoms. The van der Waals surface area contributed by atoms with E-state index < -0.39 is 0 Å². The van der Waals surface area contributed by atoms with E-state index >= 15 is 0 Å². The summed E-state index contributed by atoms with van der Waals surface area (Å²) in [5, 5.41) is 3.26. The van der Waals surface area contributed by atoms with Crippen LogP contribution in [-0.2, 0) is 4.74 Å². The first-order valence-corrected chi connectivity index (χ1v) is 5.17. The normalized spacial score (nSPS) is 11.7. The van der Waals surface area contributed by atoms with E-state index in [2.05, 4.69) is 25.2 Å². The fourth-order valence-corrected chi connectivity index (χ4v) is 0.869. The highest BCUT2D eigenvalue weighted by atomic mass is 16.5. The van der Waals surface area contributed by atoms with Crippen molar-refractivity contribution >= 4 is 0 Å². The van der Waals surface area contributed by atoms with E-state index in [1.807, 2.05) is 13.0 Å². The van der Waals surface area contributed by atoms with Crippen molar-refractivity contribution in [2.75, 3.05) is 26.3 Å². The molecule has 0 unspecified atom stereocenters. The molecule has 0 aromatic rings. The number of rotatable bonds is 8. The third-order valence-corrected chi connectivity index (χ3v) is 1.76. The summed E-state index contributed by atoms with van der Waals surface area (Å²) >= 11 is 0. The fraction of sp³-hybridized carbons (Fsp3) is 0.818. The summed E-state index contributed by atoms with van der Waals surface area (Å²) in [6.45, 7) is 10.1. The van der Waals surface area contributed by atoms with Crippen molar-refractivity contribution in [2.24, 2.45) is 5.92 Å². The Kier molecular flexibility index (Phi) is 9.49. The molecule has 0 aliphatic carbocycles. The molecule has 0 bridgehead atoms. The van der Waals surface area contributed by atoms with E-state index in [4.69, 9.17) is 4.74 Å². The SMILES string of the molecule is C/C=C/CNCCOCCC(C)C. The molecule has 0 aliphatic heterocycles. The highest BCUT2D eigenvalue weighted by Crippen LogP contribution is 1.97. The second kappa shape index (κ2) is 9.75. The van der Waals surface area contributed by atoms with Crippen LogP contribution in [-0.4, -0.2) is 26.3 Å². The number of allylic oxidation sites excluding steroid dienone is 1. The van der Waals surface area contributed by atoms with Crippen LogP contribution >= 0.6 is 0 Å². The van der Waals surface area contributed by atoms with Gasteiger partial charge in [-0.25, -0.2) is 0 Å². The van der Waals surface area contributed by atoms with Crippen LogP contribution in [0.4, 0.5) is 0 Å². The molecule has 0 spiro atoms. The van der Waals surface area contributed by atoms with Crippen LogP contribution in [0.5, 0.6) is 0 Å². The Morgan fingerprint density at radius 3 is 2.69 bits per heavy atom. The zero-order valence-electron chi connectivity index (χ0n) is 9.18. The van der Waals surface area contributed by atoms with Crippen LogP contribution in [0.25, 0.3) is 0 Å². The summed E-state index contributed by atoms with van der Waals surface area (Å²) in [5.74, 6) is 0.746. The molecule has 0 amide bonds. The summed E-state index contributed by atoms with van der Waals surface area (Å²) in [4.78, 5) is 0. The van der Waals surface area contributed by atoms with Gasteiger partial charge in [0.1, 0.15) is 0 Å². The van der Waals surface area contributed by atoms with Gasteiger partial charge in [0.05, 0.1) is 6.61 Å². The van der Waals surface area contributed by atoms with E-state index in [0.717, 1.165) is 38.6 Å². The second-order valence-corrected chi connectivity index (χ2v) is 3.57. The minimum atomic E-state index is 0.746. The lowest BCUT2D eigenvalue weighted by molar-refractivity contribution is 0.126.